The Hall–Kier alpha value is -2.34. The molecule has 1 aromatic heterocycles. The van der Waals surface area contributed by atoms with Gasteiger partial charge in [0.1, 0.15) is 6.10 Å². The molecule has 0 aliphatic rings. The summed E-state index contributed by atoms with van der Waals surface area (Å²) in [7, 11) is 0. The second-order valence-corrected chi connectivity index (χ2v) is 4.28. The lowest BCUT2D eigenvalue weighted by atomic mass is 10.2. The molecule has 1 atom stereocenters. The van der Waals surface area contributed by atoms with Gasteiger partial charge in [0, 0.05) is 12.7 Å². The number of imidazole rings is 1. The molecule has 0 saturated carbocycles. The number of nitrogens with one attached hydrogen (secondary N) is 3. The summed E-state index contributed by atoms with van der Waals surface area (Å²) in [5.41, 5.74) is 4.18. The minimum Gasteiger partial charge on any atom is -0.351 e. The van der Waals surface area contributed by atoms with Gasteiger partial charge in [0.15, 0.2) is 0 Å². The third-order valence-electron chi connectivity index (χ3n) is 2.81. The first-order valence-electron chi connectivity index (χ1n) is 6.51. The van der Waals surface area contributed by atoms with Gasteiger partial charge >= 0.3 is 6.03 Å². The second-order valence-electron chi connectivity index (χ2n) is 4.28. The summed E-state index contributed by atoms with van der Waals surface area (Å²) in [5, 5.41) is 2.72. The Kier molecular flexibility index (Phi) is 5.14. The maximum atomic E-state index is 11.6. The summed E-state index contributed by atoms with van der Waals surface area (Å²) < 4.78 is 0. The maximum Gasteiger partial charge on any atom is 0.338 e. The molecule has 0 fully saturated rings. The Balaban J connectivity index is 1.74. The van der Waals surface area contributed by atoms with E-state index in [1.165, 1.54) is 0 Å². The van der Waals surface area contributed by atoms with E-state index >= 15 is 0 Å². The van der Waals surface area contributed by atoms with Crippen LogP contribution in [0.2, 0.25) is 0 Å². The molecule has 106 valence electrons. The summed E-state index contributed by atoms with van der Waals surface area (Å²) in [5.74, 6) is 0. The van der Waals surface area contributed by atoms with E-state index in [4.69, 9.17) is 4.84 Å². The number of aromatic amines is 1. The van der Waals surface area contributed by atoms with E-state index < -0.39 is 0 Å². The minimum absolute atomic E-state index is 0.260. The number of nitrogens with zero attached hydrogens (tertiary/aromatic N) is 1. The molecule has 6 nitrogen and oxygen atoms in total. The summed E-state index contributed by atoms with van der Waals surface area (Å²) in [6, 6.07) is 9.30. The van der Waals surface area contributed by atoms with E-state index in [1.807, 2.05) is 37.3 Å². The predicted molar refractivity (Wildman–Crippen MR) is 74.5 cm³/mol. The van der Waals surface area contributed by atoms with E-state index in [2.05, 4.69) is 20.8 Å². The fourth-order valence-electron chi connectivity index (χ4n) is 1.74. The van der Waals surface area contributed by atoms with Gasteiger partial charge < -0.3 is 10.3 Å². The zero-order chi connectivity index (χ0) is 14.2. The largest absolute Gasteiger partial charge is 0.351 e. The van der Waals surface area contributed by atoms with Crippen molar-refractivity contribution in [1.29, 1.82) is 0 Å². The van der Waals surface area contributed by atoms with Crippen molar-refractivity contribution in [3.8, 4) is 0 Å². The average molecular weight is 274 g/mol. The van der Waals surface area contributed by atoms with Crippen molar-refractivity contribution in [3.05, 3.63) is 54.1 Å². The monoisotopic (exact) mass is 274 g/mol. The van der Waals surface area contributed by atoms with Gasteiger partial charge in [-0.2, -0.15) is 0 Å². The Morgan fingerprint density at radius 3 is 2.85 bits per heavy atom. The summed E-state index contributed by atoms with van der Waals surface area (Å²) in [6.07, 6.45) is 3.78. The quantitative estimate of drug-likeness (QED) is 0.707. The van der Waals surface area contributed by atoms with Crippen molar-refractivity contribution in [2.24, 2.45) is 0 Å². The third-order valence-corrected chi connectivity index (χ3v) is 2.81. The molecule has 1 unspecified atom stereocenters. The Bertz CT molecular complexity index is 513. The molecule has 1 aromatic carbocycles. The average Bonchev–Trinajstić information content (AvgIpc) is 3.01. The van der Waals surface area contributed by atoms with E-state index in [0.29, 0.717) is 13.0 Å². The van der Waals surface area contributed by atoms with E-state index in [-0.39, 0.29) is 12.1 Å². The number of amides is 2. The van der Waals surface area contributed by atoms with Crippen LogP contribution in [0.1, 0.15) is 30.7 Å². The molecule has 0 bridgehead atoms. The SMILES string of the molecule is CCC(ONC(=O)NCc1ccccc1)c1c[nH]cn1. The van der Waals surface area contributed by atoms with Gasteiger partial charge in [-0.3, -0.25) is 4.84 Å². The number of hydrogen-bond donors (Lipinski definition) is 3. The van der Waals surface area contributed by atoms with Gasteiger partial charge in [-0.1, -0.05) is 37.3 Å². The number of benzene rings is 1. The zero-order valence-electron chi connectivity index (χ0n) is 11.3. The van der Waals surface area contributed by atoms with Crippen LogP contribution in [0.15, 0.2) is 42.9 Å². The van der Waals surface area contributed by atoms with Crippen LogP contribution in [0.5, 0.6) is 0 Å². The van der Waals surface area contributed by atoms with Crippen molar-refractivity contribution >= 4 is 6.03 Å². The molecule has 2 aromatic rings. The van der Waals surface area contributed by atoms with Crippen molar-refractivity contribution in [2.75, 3.05) is 0 Å². The smallest absolute Gasteiger partial charge is 0.338 e. The fourth-order valence-corrected chi connectivity index (χ4v) is 1.74. The molecule has 0 saturated heterocycles. The molecule has 0 aliphatic carbocycles. The Morgan fingerprint density at radius 2 is 2.20 bits per heavy atom. The molecular formula is C14H18N4O2. The molecule has 2 rings (SSSR count). The van der Waals surface area contributed by atoms with E-state index in [1.54, 1.807) is 12.5 Å². The first-order chi connectivity index (χ1) is 9.79. The highest BCUT2D eigenvalue weighted by molar-refractivity contribution is 5.72. The number of carbonyl (C=O) groups is 1. The van der Waals surface area contributed by atoms with Crippen LogP contribution < -0.4 is 10.8 Å². The van der Waals surface area contributed by atoms with Gasteiger partial charge in [0.25, 0.3) is 0 Å². The van der Waals surface area contributed by atoms with Crippen molar-refractivity contribution < 1.29 is 9.63 Å². The zero-order valence-corrected chi connectivity index (χ0v) is 11.3. The number of hydroxylamine groups is 1. The molecular weight excluding hydrogens is 256 g/mol. The van der Waals surface area contributed by atoms with Crippen molar-refractivity contribution in [3.63, 3.8) is 0 Å². The summed E-state index contributed by atoms with van der Waals surface area (Å²) in [6.45, 7) is 2.41. The summed E-state index contributed by atoms with van der Waals surface area (Å²) in [4.78, 5) is 23.9. The second kappa shape index (κ2) is 7.30. The third kappa shape index (κ3) is 4.10. The number of carbonyl (C=O) groups excluding carboxylic acids is 1. The normalized spacial score (nSPS) is 11.8. The molecule has 2 amide bonds. The lowest BCUT2D eigenvalue weighted by molar-refractivity contribution is -0.00967. The van der Waals surface area contributed by atoms with Crippen LogP contribution >= 0.6 is 0 Å². The highest BCUT2D eigenvalue weighted by atomic mass is 16.7. The van der Waals surface area contributed by atoms with Crippen LogP contribution in [0, 0.1) is 0 Å². The van der Waals surface area contributed by atoms with E-state index in [9.17, 15) is 4.79 Å². The molecule has 6 heteroatoms. The van der Waals surface area contributed by atoms with Gasteiger partial charge in [0.2, 0.25) is 0 Å². The Morgan fingerprint density at radius 1 is 1.40 bits per heavy atom. The molecule has 0 spiro atoms. The molecule has 0 radical (unpaired) electrons. The lowest BCUT2D eigenvalue weighted by Crippen LogP contribution is -2.36. The van der Waals surface area contributed by atoms with Crippen LogP contribution in [0.4, 0.5) is 4.79 Å². The van der Waals surface area contributed by atoms with Crippen LogP contribution in [-0.2, 0) is 11.4 Å². The van der Waals surface area contributed by atoms with Crippen molar-refractivity contribution in [1.82, 2.24) is 20.8 Å². The number of hydrogen-bond acceptors (Lipinski definition) is 3. The van der Waals surface area contributed by atoms with Crippen LogP contribution in [0.3, 0.4) is 0 Å². The van der Waals surface area contributed by atoms with Gasteiger partial charge in [-0.15, -0.1) is 0 Å². The maximum absolute atomic E-state index is 11.6. The highest BCUT2D eigenvalue weighted by Gasteiger charge is 2.13. The molecule has 0 aliphatic heterocycles. The Labute approximate surface area is 117 Å². The fraction of sp³-hybridized carbons (Fsp3) is 0.286. The van der Waals surface area contributed by atoms with E-state index in [0.717, 1.165) is 11.3 Å². The van der Waals surface area contributed by atoms with Gasteiger partial charge in [-0.25, -0.2) is 15.3 Å². The topological polar surface area (TPSA) is 79.0 Å². The van der Waals surface area contributed by atoms with Gasteiger partial charge in [0.05, 0.1) is 12.0 Å². The van der Waals surface area contributed by atoms with Crippen LogP contribution in [-0.4, -0.2) is 16.0 Å². The predicted octanol–water partition coefficient (Wildman–Crippen LogP) is 2.29. The molecule has 3 N–H and O–H groups in total. The minimum atomic E-state index is -0.372. The number of aromatic nitrogens is 2. The first-order valence-corrected chi connectivity index (χ1v) is 6.51. The number of rotatable bonds is 6. The number of urea groups is 1. The van der Waals surface area contributed by atoms with Gasteiger partial charge in [-0.05, 0) is 12.0 Å². The van der Waals surface area contributed by atoms with Crippen molar-refractivity contribution in [2.45, 2.75) is 26.0 Å². The lowest BCUT2D eigenvalue weighted by Gasteiger charge is -2.14. The number of H-pyrrole nitrogens is 1. The standard InChI is InChI=1S/C14H18N4O2/c1-2-13(12-9-15-10-17-12)20-18-14(19)16-8-11-6-4-3-5-7-11/h3-7,9-10,13H,2,8H2,1H3,(H,15,17)(H2,16,18,19). The molecule has 20 heavy (non-hydrogen) atoms. The van der Waals surface area contributed by atoms with Crippen LogP contribution in [0.25, 0.3) is 0 Å². The highest BCUT2D eigenvalue weighted by Crippen LogP contribution is 2.16. The molecule has 1 heterocycles. The summed E-state index contributed by atoms with van der Waals surface area (Å²) >= 11 is 0. The first kappa shape index (κ1) is 14.1.